The van der Waals surface area contributed by atoms with Crippen LogP contribution < -0.4 is 0 Å². The van der Waals surface area contributed by atoms with Crippen molar-refractivity contribution in [3.05, 3.63) is 35.6 Å². The molecule has 2 aliphatic heterocycles. The Balaban J connectivity index is 1.62. The van der Waals surface area contributed by atoms with E-state index in [0.29, 0.717) is 6.54 Å². The summed E-state index contributed by atoms with van der Waals surface area (Å²) in [6, 6.07) is 6.45. The number of benzene rings is 1. The molecular weight excluding hydrogens is 359 g/mol. The van der Waals surface area contributed by atoms with Crippen molar-refractivity contribution in [1.82, 2.24) is 9.80 Å². The van der Waals surface area contributed by atoms with Gasteiger partial charge in [-0.3, -0.25) is 14.5 Å². The van der Waals surface area contributed by atoms with E-state index in [1.165, 1.54) is 12.1 Å². The summed E-state index contributed by atoms with van der Waals surface area (Å²) in [5, 5.41) is 0. The zero-order valence-corrected chi connectivity index (χ0v) is 17.4. The molecule has 0 N–H and O–H groups in total. The third-order valence-electron chi connectivity index (χ3n) is 6.04. The smallest absolute Gasteiger partial charge is 0.311 e. The van der Waals surface area contributed by atoms with E-state index < -0.39 is 5.60 Å². The number of rotatable bonds is 5. The molecule has 1 amide bonds. The van der Waals surface area contributed by atoms with Crippen molar-refractivity contribution in [2.24, 2.45) is 5.92 Å². The highest BCUT2D eigenvalue weighted by Gasteiger charge is 2.50. The molecule has 5 nitrogen and oxygen atoms in total. The van der Waals surface area contributed by atoms with Crippen LogP contribution in [0.4, 0.5) is 4.39 Å². The molecule has 4 atom stereocenters. The maximum absolute atomic E-state index is 13.2. The summed E-state index contributed by atoms with van der Waals surface area (Å²) >= 11 is 0. The van der Waals surface area contributed by atoms with E-state index in [4.69, 9.17) is 4.74 Å². The second kappa shape index (κ2) is 7.82. The molecule has 2 saturated heterocycles. The Bertz CT molecular complexity index is 728. The lowest BCUT2D eigenvalue weighted by Crippen LogP contribution is -2.43. The van der Waals surface area contributed by atoms with Gasteiger partial charge in [0.2, 0.25) is 5.91 Å². The van der Waals surface area contributed by atoms with Crippen molar-refractivity contribution < 1.29 is 18.7 Å². The van der Waals surface area contributed by atoms with Gasteiger partial charge in [-0.05, 0) is 64.7 Å². The summed E-state index contributed by atoms with van der Waals surface area (Å²) in [5.74, 6) is -0.568. The van der Waals surface area contributed by atoms with Gasteiger partial charge in [0, 0.05) is 19.1 Å². The lowest BCUT2D eigenvalue weighted by molar-refractivity contribution is -0.161. The molecule has 28 heavy (non-hydrogen) atoms. The minimum Gasteiger partial charge on any atom is -0.460 e. The number of hydrogen-bond acceptors (Lipinski definition) is 4. The number of esters is 1. The highest BCUT2D eigenvalue weighted by molar-refractivity contribution is 5.79. The van der Waals surface area contributed by atoms with Crippen LogP contribution in [0, 0.1) is 11.7 Å². The van der Waals surface area contributed by atoms with Crippen LogP contribution >= 0.6 is 0 Å². The SMILES string of the molecule is CC(c1ccc(F)cc1)N(C)C(=O)CN1C2CCC1C(C(=O)OC(C)(C)C)C2. The van der Waals surface area contributed by atoms with E-state index >= 15 is 0 Å². The first-order chi connectivity index (χ1) is 13.1. The van der Waals surface area contributed by atoms with E-state index in [0.717, 1.165) is 24.8 Å². The van der Waals surface area contributed by atoms with Crippen LogP contribution in [0.3, 0.4) is 0 Å². The predicted molar refractivity (Wildman–Crippen MR) is 105 cm³/mol. The predicted octanol–water partition coefficient (Wildman–Crippen LogP) is 3.54. The fraction of sp³-hybridized carbons (Fsp3) is 0.636. The van der Waals surface area contributed by atoms with Crippen LogP contribution in [-0.2, 0) is 14.3 Å². The van der Waals surface area contributed by atoms with Gasteiger partial charge >= 0.3 is 5.97 Å². The molecule has 154 valence electrons. The Labute approximate surface area is 166 Å². The third-order valence-corrected chi connectivity index (χ3v) is 6.04. The molecule has 0 radical (unpaired) electrons. The number of likely N-dealkylation sites (N-methyl/N-ethyl adjacent to an activating group) is 1. The zero-order valence-electron chi connectivity index (χ0n) is 17.4. The van der Waals surface area contributed by atoms with Crippen LogP contribution in [-0.4, -0.2) is 53.0 Å². The van der Waals surface area contributed by atoms with Crippen molar-refractivity contribution in [2.75, 3.05) is 13.6 Å². The van der Waals surface area contributed by atoms with Gasteiger partial charge in [0.15, 0.2) is 0 Å². The first-order valence-electron chi connectivity index (χ1n) is 10.1. The number of fused-ring (bicyclic) bond motifs is 2. The third kappa shape index (κ3) is 4.37. The van der Waals surface area contributed by atoms with Gasteiger partial charge in [-0.25, -0.2) is 4.39 Å². The van der Waals surface area contributed by atoms with E-state index in [2.05, 4.69) is 4.90 Å². The summed E-state index contributed by atoms with van der Waals surface area (Å²) in [7, 11) is 1.78. The Kier molecular flexibility index (Phi) is 5.80. The summed E-state index contributed by atoms with van der Waals surface area (Å²) in [4.78, 5) is 29.3. The molecule has 2 fully saturated rings. The number of carbonyl (C=O) groups is 2. The van der Waals surface area contributed by atoms with E-state index in [9.17, 15) is 14.0 Å². The molecule has 1 aromatic rings. The fourth-order valence-corrected chi connectivity index (χ4v) is 4.43. The summed E-state index contributed by atoms with van der Waals surface area (Å²) in [6.07, 6.45) is 2.72. The zero-order chi connectivity index (χ0) is 20.6. The molecule has 3 rings (SSSR count). The fourth-order valence-electron chi connectivity index (χ4n) is 4.43. The van der Waals surface area contributed by atoms with Crippen molar-refractivity contribution in [3.8, 4) is 0 Å². The summed E-state index contributed by atoms with van der Waals surface area (Å²) in [6.45, 7) is 7.88. The summed E-state index contributed by atoms with van der Waals surface area (Å²) in [5.41, 5.74) is 0.401. The number of amides is 1. The molecule has 4 unspecified atom stereocenters. The maximum atomic E-state index is 13.2. The largest absolute Gasteiger partial charge is 0.460 e. The van der Waals surface area contributed by atoms with Gasteiger partial charge < -0.3 is 9.64 Å². The Morgan fingerprint density at radius 1 is 1.25 bits per heavy atom. The van der Waals surface area contributed by atoms with Crippen LogP contribution in [0.5, 0.6) is 0 Å². The topological polar surface area (TPSA) is 49.9 Å². The standard InChI is InChI=1S/C22H31FN2O3/c1-14(15-6-8-16(23)9-7-15)24(5)20(26)13-25-17-10-11-19(25)18(12-17)21(27)28-22(2,3)4/h6-9,14,17-19H,10-13H2,1-5H3. The van der Waals surface area contributed by atoms with Gasteiger partial charge in [-0.15, -0.1) is 0 Å². The van der Waals surface area contributed by atoms with E-state index in [-0.39, 0.29) is 41.7 Å². The van der Waals surface area contributed by atoms with Gasteiger partial charge in [0.05, 0.1) is 18.5 Å². The Morgan fingerprint density at radius 2 is 1.89 bits per heavy atom. The number of hydrogen-bond donors (Lipinski definition) is 0. The molecule has 0 spiro atoms. The monoisotopic (exact) mass is 390 g/mol. The lowest BCUT2D eigenvalue weighted by atomic mass is 9.89. The highest BCUT2D eigenvalue weighted by Crippen LogP contribution is 2.42. The molecular formula is C22H31FN2O3. The molecule has 0 saturated carbocycles. The molecule has 0 aromatic heterocycles. The van der Waals surface area contributed by atoms with Crippen molar-refractivity contribution in [3.63, 3.8) is 0 Å². The van der Waals surface area contributed by atoms with Crippen molar-refractivity contribution in [1.29, 1.82) is 0 Å². The molecule has 6 heteroatoms. The van der Waals surface area contributed by atoms with Crippen LogP contribution in [0.15, 0.2) is 24.3 Å². The van der Waals surface area contributed by atoms with Gasteiger partial charge in [0.25, 0.3) is 0 Å². The second-order valence-corrected chi connectivity index (χ2v) is 9.08. The average molecular weight is 390 g/mol. The molecule has 2 heterocycles. The first kappa shape index (κ1) is 20.8. The van der Waals surface area contributed by atoms with E-state index in [1.807, 2.05) is 27.7 Å². The second-order valence-electron chi connectivity index (χ2n) is 9.08. The molecule has 1 aromatic carbocycles. The number of ether oxygens (including phenoxy) is 1. The van der Waals surface area contributed by atoms with Gasteiger partial charge in [0.1, 0.15) is 11.4 Å². The van der Waals surface area contributed by atoms with Gasteiger partial charge in [-0.1, -0.05) is 12.1 Å². The van der Waals surface area contributed by atoms with Crippen LogP contribution in [0.2, 0.25) is 0 Å². The summed E-state index contributed by atoms with van der Waals surface area (Å²) < 4.78 is 18.7. The Morgan fingerprint density at radius 3 is 2.50 bits per heavy atom. The van der Waals surface area contributed by atoms with Crippen LogP contribution in [0.1, 0.15) is 58.6 Å². The van der Waals surface area contributed by atoms with Gasteiger partial charge in [-0.2, -0.15) is 0 Å². The molecule has 2 aliphatic rings. The minimum atomic E-state index is -0.496. The first-order valence-corrected chi connectivity index (χ1v) is 10.1. The maximum Gasteiger partial charge on any atom is 0.311 e. The number of nitrogens with zero attached hydrogens (tertiary/aromatic N) is 2. The number of carbonyl (C=O) groups excluding carboxylic acids is 2. The van der Waals surface area contributed by atoms with Crippen LogP contribution in [0.25, 0.3) is 0 Å². The number of halogens is 1. The normalized spacial score (nSPS) is 25.6. The Hall–Kier alpha value is -1.95. The van der Waals surface area contributed by atoms with E-state index in [1.54, 1.807) is 24.1 Å². The quantitative estimate of drug-likeness (QED) is 0.722. The average Bonchev–Trinajstić information content (AvgIpc) is 3.16. The highest BCUT2D eigenvalue weighted by atomic mass is 19.1. The molecule has 2 bridgehead atoms. The van der Waals surface area contributed by atoms with Crippen molar-refractivity contribution in [2.45, 2.75) is 70.7 Å². The minimum absolute atomic E-state index is 0.0126. The lowest BCUT2D eigenvalue weighted by Gasteiger charge is -2.30. The van der Waals surface area contributed by atoms with Crippen molar-refractivity contribution >= 4 is 11.9 Å². The molecule has 0 aliphatic carbocycles.